The largest absolute Gasteiger partial charge is 0.436 e. The van der Waals surface area contributed by atoms with Crippen LogP contribution in [-0.2, 0) is 0 Å². The average molecular weight is 351 g/mol. The first-order valence-corrected chi connectivity index (χ1v) is 8.19. The van der Waals surface area contributed by atoms with Gasteiger partial charge < -0.3 is 9.73 Å². The van der Waals surface area contributed by atoms with E-state index in [9.17, 15) is 0 Å². The van der Waals surface area contributed by atoms with Crippen molar-refractivity contribution in [1.82, 2.24) is 15.0 Å². The maximum atomic E-state index is 5.98. The van der Waals surface area contributed by atoms with Crippen LogP contribution in [0.2, 0.25) is 5.02 Å². The van der Waals surface area contributed by atoms with E-state index < -0.39 is 0 Å². The van der Waals surface area contributed by atoms with E-state index in [2.05, 4.69) is 38.5 Å². The minimum absolute atomic E-state index is 0.468. The van der Waals surface area contributed by atoms with Crippen LogP contribution >= 0.6 is 11.6 Å². The summed E-state index contributed by atoms with van der Waals surface area (Å²) >= 11 is 5.98. The Morgan fingerprint density at radius 3 is 2.60 bits per heavy atom. The van der Waals surface area contributed by atoms with Crippen molar-refractivity contribution >= 4 is 34.3 Å². The van der Waals surface area contributed by atoms with Crippen molar-refractivity contribution in [3.8, 4) is 11.5 Å². The fourth-order valence-electron chi connectivity index (χ4n) is 2.52. The van der Waals surface area contributed by atoms with Gasteiger partial charge in [0, 0.05) is 23.1 Å². The van der Waals surface area contributed by atoms with Crippen LogP contribution in [0, 0.1) is 13.8 Å². The highest BCUT2D eigenvalue weighted by atomic mass is 35.5. The second-order valence-electron chi connectivity index (χ2n) is 5.87. The van der Waals surface area contributed by atoms with Crippen molar-refractivity contribution < 1.29 is 4.42 Å². The number of oxazole rings is 1. The molecule has 0 saturated heterocycles. The van der Waals surface area contributed by atoms with E-state index in [-0.39, 0.29) is 0 Å². The number of nitrogens with zero attached hydrogens (tertiary/aromatic N) is 3. The zero-order chi connectivity index (χ0) is 17.4. The molecule has 0 unspecified atom stereocenters. The molecule has 0 fully saturated rings. The van der Waals surface area contributed by atoms with Gasteiger partial charge in [-0.3, -0.25) is 0 Å². The summed E-state index contributed by atoms with van der Waals surface area (Å²) < 4.78 is 5.73. The van der Waals surface area contributed by atoms with Gasteiger partial charge in [-0.05, 0) is 49.2 Å². The Morgan fingerprint density at radius 2 is 1.80 bits per heavy atom. The SMILES string of the molecule is Cc1ccc(C)c(Nc2ncc(-c3nc4cc(Cl)ccc4o3)cn2)c1. The molecular weight excluding hydrogens is 336 g/mol. The van der Waals surface area contributed by atoms with Crippen LogP contribution in [0.4, 0.5) is 11.6 Å². The second-order valence-corrected chi connectivity index (χ2v) is 6.31. The Kier molecular flexibility index (Phi) is 3.86. The van der Waals surface area contributed by atoms with Crippen molar-refractivity contribution in [1.29, 1.82) is 0 Å². The van der Waals surface area contributed by atoms with Gasteiger partial charge in [0.05, 0.1) is 5.56 Å². The van der Waals surface area contributed by atoms with Crippen molar-refractivity contribution in [3.05, 3.63) is 64.9 Å². The van der Waals surface area contributed by atoms with Crippen LogP contribution in [0.1, 0.15) is 11.1 Å². The van der Waals surface area contributed by atoms with Gasteiger partial charge in [-0.1, -0.05) is 23.7 Å². The van der Waals surface area contributed by atoms with Gasteiger partial charge >= 0.3 is 0 Å². The Hall–Kier alpha value is -2.92. The average Bonchev–Trinajstić information content (AvgIpc) is 3.02. The third-order valence-corrected chi connectivity index (χ3v) is 4.12. The van der Waals surface area contributed by atoms with Gasteiger partial charge in [-0.15, -0.1) is 0 Å². The molecule has 124 valence electrons. The quantitative estimate of drug-likeness (QED) is 0.543. The van der Waals surface area contributed by atoms with Crippen molar-refractivity contribution in [3.63, 3.8) is 0 Å². The number of aromatic nitrogens is 3. The van der Waals surface area contributed by atoms with Crippen LogP contribution in [0.25, 0.3) is 22.6 Å². The highest BCUT2D eigenvalue weighted by molar-refractivity contribution is 6.31. The lowest BCUT2D eigenvalue weighted by molar-refractivity contribution is 0.619. The first-order valence-electron chi connectivity index (χ1n) is 7.81. The number of hydrogen-bond acceptors (Lipinski definition) is 5. The van der Waals surface area contributed by atoms with Crippen LogP contribution in [0.15, 0.2) is 53.2 Å². The number of anilines is 2. The monoisotopic (exact) mass is 350 g/mol. The predicted molar refractivity (Wildman–Crippen MR) is 99.2 cm³/mol. The fraction of sp³-hybridized carbons (Fsp3) is 0.105. The lowest BCUT2D eigenvalue weighted by Crippen LogP contribution is -1.99. The van der Waals surface area contributed by atoms with Crippen molar-refractivity contribution in [2.24, 2.45) is 0 Å². The lowest BCUT2D eigenvalue weighted by Gasteiger charge is -2.08. The zero-order valence-electron chi connectivity index (χ0n) is 13.7. The topological polar surface area (TPSA) is 63.8 Å². The normalized spacial score (nSPS) is 11.0. The molecule has 0 aliphatic rings. The van der Waals surface area contributed by atoms with Gasteiger partial charge in [-0.2, -0.15) is 0 Å². The Morgan fingerprint density at radius 1 is 1.00 bits per heavy atom. The standard InChI is InChI=1S/C19H15ClN4O/c1-11-3-4-12(2)15(7-11)24-19-21-9-13(10-22-19)18-23-16-8-14(20)5-6-17(16)25-18/h3-10H,1-2H3,(H,21,22,24). The van der Waals surface area contributed by atoms with Crippen LogP contribution < -0.4 is 5.32 Å². The molecule has 0 aliphatic heterocycles. The summed E-state index contributed by atoms with van der Waals surface area (Å²) in [6, 6.07) is 11.5. The third-order valence-electron chi connectivity index (χ3n) is 3.89. The van der Waals surface area contributed by atoms with E-state index >= 15 is 0 Å². The Balaban J connectivity index is 1.61. The maximum absolute atomic E-state index is 5.98. The first kappa shape index (κ1) is 15.6. The van der Waals surface area contributed by atoms with E-state index in [1.165, 1.54) is 5.56 Å². The van der Waals surface area contributed by atoms with Gasteiger partial charge in [-0.25, -0.2) is 15.0 Å². The summed E-state index contributed by atoms with van der Waals surface area (Å²) in [6.07, 6.45) is 3.37. The number of benzene rings is 2. The molecule has 0 bridgehead atoms. The number of rotatable bonds is 3. The fourth-order valence-corrected chi connectivity index (χ4v) is 2.68. The van der Waals surface area contributed by atoms with Gasteiger partial charge in [0.1, 0.15) is 5.52 Å². The highest BCUT2D eigenvalue weighted by Gasteiger charge is 2.10. The van der Waals surface area contributed by atoms with Crippen LogP contribution in [0.5, 0.6) is 0 Å². The van der Waals surface area contributed by atoms with Crippen molar-refractivity contribution in [2.75, 3.05) is 5.32 Å². The molecule has 2 aromatic carbocycles. The van der Waals surface area contributed by atoms with Gasteiger partial charge in [0.25, 0.3) is 0 Å². The van der Waals surface area contributed by atoms with Gasteiger partial charge in [0.2, 0.25) is 11.8 Å². The maximum Gasteiger partial charge on any atom is 0.230 e. The second kappa shape index (κ2) is 6.18. The molecule has 0 radical (unpaired) electrons. The van der Waals surface area contributed by atoms with E-state index in [0.29, 0.717) is 33.5 Å². The lowest BCUT2D eigenvalue weighted by atomic mass is 10.1. The molecule has 0 aliphatic carbocycles. The molecule has 1 N–H and O–H groups in total. The first-order chi connectivity index (χ1) is 12.1. The van der Waals surface area contributed by atoms with E-state index in [1.54, 1.807) is 30.6 Å². The van der Waals surface area contributed by atoms with Crippen LogP contribution in [-0.4, -0.2) is 15.0 Å². The molecule has 0 amide bonds. The molecule has 6 heteroatoms. The Labute approximate surface area is 149 Å². The molecule has 4 aromatic rings. The summed E-state index contributed by atoms with van der Waals surface area (Å²) in [4.78, 5) is 13.2. The number of aryl methyl sites for hydroxylation is 2. The molecular formula is C19H15ClN4O. The molecule has 0 spiro atoms. The molecule has 2 heterocycles. The minimum Gasteiger partial charge on any atom is -0.436 e. The summed E-state index contributed by atoms with van der Waals surface area (Å²) in [5.41, 5.74) is 5.39. The van der Waals surface area contributed by atoms with Crippen molar-refractivity contribution in [2.45, 2.75) is 13.8 Å². The van der Waals surface area contributed by atoms with Crippen LogP contribution in [0.3, 0.4) is 0 Å². The zero-order valence-corrected chi connectivity index (χ0v) is 14.5. The number of hydrogen-bond donors (Lipinski definition) is 1. The highest BCUT2D eigenvalue weighted by Crippen LogP contribution is 2.26. The molecule has 25 heavy (non-hydrogen) atoms. The minimum atomic E-state index is 0.468. The molecule has 0 saturated carbocycles. The number of halogens is 1. The number of nitrogens with one attached hydrogen (secondary N) is 1. The molecule has 0 atom stereocenters. The van der Waals surface area contributed by atoms with E-state index in [1.807, 2.05) is 13.8 Å². The third kappa shape index (κ3) is 3.19. The molecule has 2 aromatic heterocycles. The summed E-state index contributed by atoms with van der Waals surface area (Å²) in [7, 11) is 0. The van der Waals surface area contributed by atoms with Gasteiger partial charge in [0.15, 0.2) is 5.58 Å². The summed E-state index contributed by atoms with van der Waals surface area (Å²) in [5, 5.41) is 3.86. The predicted octanol–water partition coefficient (Wildman–Crippen LogP) is 5.30. The smallest absolute Gasteiger partial charge is 0.230 e. The van der Waals surface area contributed by atoms with E-state index in [4.69, 9.17) is 16.0 Å². The molecule has 5 nitrogen and oxygen atoms in total. The number of fused-ring (bicyclic) bond motifs is 1. The summed E-state index contributed by atoms with van der Waals surface area (Å²) in [5.74, 6) is 0.993. The molecule has 4 rings (SSSR count). The summed E-state index contributed by atoms with van der Waals surface area (Å²) in [6.45, 7) is 4.09. The van der Waals surface area contributed by atoms with E-state index in [0.717, 1.165) is 11.3 Å². The Bertz CT molecular complexity index is 1060.